The molecule has 2 aromatic carbocycles. The van der Waals surface area contributed by atoms with Gasteiger partial charge in [-0.1, -0.05) is 12.1 Å². The normalized spacial score (nSPS) is 11.3. The number of hydrogen-bond donors (Lipinski definition) is 2. The summed E-state index contributed by atoms with van der Waals surface area (Å²) in [6.45, 7) is 2.30. The lowest BCUT2D eigenvalue weighted by atomic mass is 10.3. The fourth-order valence-corrected chi connectivity index (χ4v) is 3.08. The number of anilines is 2. The molecule has 0 saturated carbocycles. The van der Waals surface area contributed by atoms with Crippen LogP contribution in [0.25, 0.3) is 0 Å². The highest BCUT2D eigenvalue weighted by Gasteiger charge is 2.14. The van der Waals surface area contributed by atoms with Crippen molar-refractivity contribution in [3.8, 4) is 11.5 Å². The molecule has 0 bridgehead atoms. The Morgan fingerprint density at radius 3 is 2.22 bits per heavy atom. The van der Waals surface area contributed by atoms with Crippen LogP contribution in [0.15, 0.2) is 48.5 Å². The highest BCUT2D eigenvalue weighted by Crippen LogP contribution is 2.23. The maximum absolute atomic E-state index is 12.1. The fourth-order valence-electron chi connectivity index (χ4n) is 2.25. The van der Waals surface area contributed by atoms with E-state index in [1.165, 1.54) is 0 Å². The van der Waals surface area contributed by atoms with E-state index in [9.17, 15) is 13.8 Å². The maximum Gasteiger partial charge on any atom is 0.237 e. The number of carbonyl (C=O) groups excluding carboxylic acids is 2. The van der Waals surface area contributed by atoms with Crippen LogP contribution in [0.2, 0.25) is 0 Å². The second-order valence-corrected chi connectivity index (χ2v) is 6.94. The third kappa shape index (κ3) is 6.74. The molecule has 0 aromatic heterocycles. The van der Waals surface area contributed by atoms with E-state index in [0.29, 0.717) is 29.5 Å². The molecule has 0 heterocycles. The molecule has 144 valence electrons. The van der Waals surface area contributed by atoms with Gasteiger partial charge in [0, 0.05) is 16.5 Å². The first-order valence-corrected chi connectivity index (χ1v) is 9.81. The molecule has 0 fully saturated rings. The minimum absolute atomic E-state index is 0.271. The lowest BCUT2D eigenvalue weighted by Gasteiger charge is -2.11. The van der Waals surface area contributed by atoms with E-state index >= 15 is 0 Å². The van der Waals surface area contributed by atoms with Gasteiger partial charge in [0.2, 0.25) is 11.8 Å². The van der Waals surface area contributed by atoms with Crippen molar-refractivity contribution in [2.45, 2.75) is 6.92 Å². The van der Waals surface area contributed by atoms with Crippen LogP contribution >= 0.6 is 0 Å². The molecule has 27 heavy (non-hydrogen) atoms. The van der Waals surface area contributed by atoms with Crippen LogP contribution in [-0.4, -0.2) is 41.2 Å². The first-order chi connectivity index (χ1) is 13.0. The van der Waals surface area contributed by atoms with Gasteiger partial charge in [0.25, 0.3) is 0 Å². The molecule has 1 unspecified atom stereocenters. The molecule has 2 aromatic rings. The monoisotopic (exact) mass is 390 g/mol. The molecule has 2 amide bonds. The molecule has 0 aliphatic rings. The van der Waals surface area contributed by atoms with E-state index < -0.39 is 22.6 Å². The number of carbonyl (C=O) groups is 2. The van der Waals surface area contributed by atoms with Crippen molar-refractivity contribution in [2.75, 3.05) is 35.9 Å². The van der Waals surface area contributed by atoms with E-state index in [1.807, 2.05) is 6.92 Å². The van der Waals surface area contributed by atoms with Crippen molar-refractivity contribution in [2.24, 2.45) is 0 Å². The summed E-state index contributed by atoms with van der Waals surface area (Å²) in [5, 5.41) is 5.29. The zero-order chi connectivity index (χ0) is 19.6. The van der Waals surface area contributed by atoms with Crippen LogP contribution in [-0.2, 0) is 20.4 Å². The summed E-state index contributed by atoms with van der Waals surface area (Å²) in [5.41, 5.74) is 1.07. The topological polar surface area (TPSA) is 93.7 Å². The Hall–Kier alpha value is -2.87. The number of hydrogen-bond acceptors (Lipinski definition) is 5. The summed E-state index contributed by atoms with van der Waals surface area (Å²) in [5.74, 6) is -0.223. The third-order valence-corrected chi connectivity index (χ3v) is 4.59. The van der Waals surface area contributed by atoms with Gasteiger partial charge in [0.1, 0.15) is 23.0 Å². The number of ether oxygens (including phenoxy) is 2. The predicted molar refractivity (Wildman–Crippen MR) is 106 cm³/mol. The van der Waals surface area contributed by atoms with Gasteiger partial charge >= 0.3 is 0 Å². The van der Waals surface area contributed by atoms with E-state index in [2.05, 4.69) is 10.6 Å². The second kappa shape index (κ2) is 10.3. The summed E-state index contributed by atoms with van der Waals surface area (Å²) < 4.78 is 22.6. The zero-order valence-electron chi connectivity index (χ0n) is 15.2. The van der Waals surface area contributed by atoms with Crippen LogP contribution in [0, 0.1) is 0 Å². The minimum Gasteiger partial charge on any atom is -0.497 e. The minimum atomic E-state index is -1.63. The zero-order valence-corrected chi connectivity index (χ0v) is 16.0. The molecule has 1 atom stereocenters. The van der Waals surface area contributed by atoms with Crippen LogP contribution in [0.3, 0.4) is 0 Å². The van der Waals surface area contributed by atoms with Gasteiger partial charge in [-0.3, -0.25) is 13.8 Å². The van der Waals surface area contributed by atoms with Crippen molar-refractivity contribution < 1.29 is 23.3 Å². The van der Waals surface area contributed by atoms with Gasteiger partial charge in [0.15, 0.2) is 0 Å². The molecular weight excluding hydrogens is 368 g/mol. The lowest BCUT2D eigenvalue weighted by molar-refractivity contribution is -0.114. The van der Waals surface area contributed by atoms with E-state index in [4.69, 9.17) is 9.47 Å². The van der Waals surface area contributed by atoms with Crippen LogP contribution in [0.1, 0.15) is 6.92 Å². The molecule has 2 N–H and O–H groups in total. The van der Waals surface area contributed by atoms with Gasteiger partial charge in [-0.2, -0.15) is 0 Å². The van der Waals surface area contributed by atoms with Crippen LogP contribution in [0.5, 0.6) is 11.5 Å². The molecule has 0 aliphatic heterocycles. The molecule has 2 rings (SSSR count). The Balaban J connectivity index is 1.83. The van der Waals surface area contributed by atoms with Crippen molar-refractivity contribution in [1.82, 2.24) is 0 Å². The average Bonchev–Trinajstić information content (AvgIpc) is 2.63. The lowest BCUT2D eigenvalue weighted by Crippen LogP contribution is -2.26. The highest BCUT2D eigenvalue weighted by atomic mass is 32.2. The Morgan fingerprint density at radius 1 is 0.963 bits per heavy atom. The standard InChI is InChI=1S/C19H22N2O5S/c1-3-26-17-7-5-4-6-16(17)21-19(23)13-27(24)12-18(22)20-14-8-10-15(25-2)11-9-14/h4-11H,3,12-13H2,1-2H3,(H,20,22)(H,21,23). The summed E-state index contributed by atoms with van der Waals surface area (Å²) in [6.07, 6.45) is 0. The van der Waals surface area contributed by atoms with Crippen molar-refractivity contribution in [3.63, 3.8) is 0 Å². The number of nitrogens with one attached hydrogen (secondary N) is 2. The Kier molecular flexibility index (Phi) is 7.81. The second-order valence-electron chi connectivity index (χ2n) is 5.48. The molecule has 8 heteroatoms. The Bertz CT molecular complexity index is 808. The van der Waals surface area contributed by atoms with E-state index in [0.717, 1.165) is 0 Å². The number of amides is 2. The van der Waals surface area contributed by atoms with Crippen molar-refractivity contribution in [3.05, 3.63) is 48.5 Å². The average molecular weight is 390 g/mol. The number of rotatable bonds is 9. The summed E-state index contributed by atoms with van der Waals surface area (Å²) in [7, 11) is -0.0833. The maximum atomic E-state index is 12.1. The van der Waals surface area contributed by atoms with Crippen LogP contribution in [0.4, 0.5) is 11.4 Å². The van der Waals surface area contributed by atoms with Gasteiger partial charge in [-0.15, -0.1) is 0 Å². The smallest absolute Gasteiger partial charge is 0.237 e. The van der Waals surface area contributed by atoms with Crippen LogP contribution < -0.4 is 20.1 Å². The molecule has 0 aliphatic carbocycles. The number of benzene rings is 2. The van der Waals surface area contributed by atoms with Crippen molar-refractivity contribution in [1.29, 1.82) is 0 Å². The molecule has 0 saturated heterocycles. The van der Waals surface area contributed by atoms with Gasteiger partial charge in [-0.25, -0.2) is 0 Å². The first kappa shape index (κ1) is 20.4. The number of methoxy groups -OCH3 is 1. The van der Waals surface area contributed by atoms with Gasteiger partial charge < -0.3 is 20.1 Å². The molecular formula is C19H22N2O5S. The summed E-state index contributed by atoms with van der Waals surface area (Å²) in [4.78, 5) is 24.1. The first-order valence-electron chi connectivity index (χ1n) is 8.32. The van der Waals surface area contributed by atoms with Crippen molar-refractivity contribution >= 4 is 34.0 Å². The number of para-hydroxylation sites is 2. The Morgan fingerprint density at radius 2 is 1.59 bits per heavy atom. The van der Waals surface area contributed by atoms with Gasteiger partial charge in [-0.05, 0) is 43.3 Å². The van der Waals surface area contributed by atoms with E-state index in [1.54, 1.807) is 55.6 Å². The summed E-state index contributed by atoms with van der Waals surface area (Å²) >= 11 is 0. The highest BCUT2D eigenvalue weighted by molar-refractivity contribution is 7.86. The summed E-state index contributed by atoms with van der Waals surface area (Å²) in [6, 6.07) is 13.8. The largest absolute Gasteiger partial charge is 0.497 e. The van der Waals surface area contributed by atoms with Gasteiger partial charge in [0.05, 0.1) is 19.4 Å². The molecule has 7 nitrogen and oxygen atoms in total. The third-order valence-electron chi connectivity index (χ3n) is 3.42. The SMILES string of the molecule is CCOc1ccccc1NC(=O)CS(=O)CC(=O)Nc1ccc(OC)cc1. The predicted octanol–water partition coefficient (Wildman–Crippen LogP) is 2.42. The molecule has 0 spiro atoms. The molecule has 0 radical (unpaired) electrons. The fraction of sp³-hybridized carbons (Fsp3) is 0.263. The van der Waals surface area contributed by atoms with E-state index in [-0.39, 0.29) is 11.5 Å². The quantitative estimate of drug-likeness (QED) is 0.686. The Labute approximate surface area is 160 Å².